The Morgan fingerprint density at radius 3 is 2.90 bits per heavy atom. The molecule has 1 aromatic rings. The second-order valence-electron chi connectivity index (χ2n) is 5.61. The van der Waals surface area contributed by atoms with E-state index in [0.717, 1.165) is 13.1 Å². The summed E-state index contributed by atoms with van der Waals surface area (Å²) in [4.78, 5) is 2.44. The Kier molecular flexibility index (Phi) is 5.26. The minimum Gasteiger partial charge on any atom is -0.504 e. The Hall–Kier alpha value is -1.26. The lowest BCUT2D eigenvalue weighted by Crippen LogP contribution is -2.34. The van der Waals surface area contributed by atoms with Gasteiger partial charge in [0.2, 0.25) is 0 Å². The van der Waals surface area contributed by atoms with Gasteiger partial charge in [-0.15, -0.1) is 0 Å². The number of nitrogens with zero attached hydrogens (tertiary/aromatic N) is 1. The third-order valence-corrected chi connectivity index (χ3v) is 4.42. The van der Waals surface area contributed by atoms with E-state index in [1.165, 1.54) is 24.8 Å². The van der Waals surface area contributed by atoms with Crippen molar-refractivity contribution >= 4 is 0 Å². The molecule has 112 valence electrons. The number of phenols is 1. The van der Waals surface area contributed by atoms with Gasteiger partial charge < -0.3 is 15.2 Å². The Morgan fingerprint density at radius 2 is 2.15 bits per heavy atom. The first-order valence-corrected chi connectivity index (χ1v) is 7.43. The van der Waals surface area contributed by atoms with Gasteiger partial charge in [-0.2, -0.15) is 0 Å². The van der Waals surface area contributed by atoms with Crippen LogP contribution < -0.4 is 10.1 Å². The standard InChI is InChI=1S/C16H26N2O2/c1-12(13-6-7-15(19)16(11-13)20-3)18(2)14-5-4-9-17-10-8-14/h6-7,11-12,14,17,19H,4-5,8-10H2,1-3H3. The average molecular weight is 278 g/mol. The van der Waals surface area contributed by atoms with Gasteiger partial charge in [0.15, 0.2) is 11.5 Å². The summed E-state index contributed by atoms with van der Waals surface area (Å²) in [6.07, 6.45) is 3.67. The number of hydrogen-bond donors (Lipinski definition) is 2. The molecule has 4 heteroatoms. The molecule has 1 fully saturated rings. The summed E-state index contributed by atoms with van der Waals surface area (Å²) in [5.74, 6) is 0.745. The number of aromatic hydroxyl groups is 1. The predicted octanol–water partition coefficient (Wildman–Crippen LogP) is 2.54. The van der Waals surface area contributed by atoms with Crippen LogP contribution in [-0.2, 0) is 0 Å². The van der Waals surface area contributed by atoms with E-state index in [4.69, 9.17) is 4.74 Å². The van der Waals surface area contributed by atoms with E-state index in [-0.39, 0.29) is 5.75 Å². The third-order valence-electron chi connectivity index (χ3n) is 4.42. The second-order valence-corrected chi connectivity index (χ2v) is 5.61. The van der Waals surface area contributed by atoms with Crippen molar-refractivity contribution < 1.29 is 9.84 Å². The van der Waals surface area contributed by atoms with Gasteiger partial charge in [-0.05, 0) is 64.0 Å². The number of benzene rings is 1. The maximum atomic E-state index is 9.69. The molecule has 1 aromatic carbocycles. The first kappa shape index (κ1) is 15.1. The quantitative estimate of drug-likeness (QED) is 0.888. The van der Waals surface area contributed by atoms with Crippen LogP contribution in [0.25, 0.3) is 0 Å². The molecule has 2 rings (SSSR count). The van der Waals surface area contributed by atoms with Gasteiger partial charge in [-0.3, -0.25) is 4.90 Å². The van der Waals surface area contributed by atoms with E-state index >= 15 is 0 Å². The SMILES string of the molecule is COc1cc(C(C)N(C)C2CCCNCC2)ccc1O. The number of methoxy groups -OCH3 is 1. The highest BCUT2D eigenvalue weighted by Crippen LogP contribution is 2.32. The van der Waals surface area contributed by atoms with Crippen LogP contribution in [0.4, 0.5) is 0 Å². The fraction of sp³-hybridized carbons (Fsp3) is 0.625. The highest BCUT2D eigenvalue weighted by Gasteiger charge is 2.22. The summed E-state index contributed by atoms with van der Waals surface area (Å²) < 4.78 is 5.20. The summed E-state index contributed by atoms with van der Waals surface area (Å²) in [6, 6.07) is 6.56. The molecule has 2 atom stereocenters. The smallest absolute Gasteiger partial charge is 0.160 e. The second kappa shape index (κ2) is 6.95. The van der Waals surface area contributed by atoms with Gasteiger partial charge in [0.25, 0.3) is 0 Å². The molecule has 0 amide bonds. The summed E-state index contributed by atoms with van der Waals surface area (Å²) in [6.45, 7) is 4.44. The fourth-order valence-corrected chi connectivity index (χ4v) is 2.91. The van der Waals surface area contributed by atoms with Crippen molar-refractivity contribution in [2.45, 2.75) is 38.3 Å². The molecule has 0 saturated carbocycles. The van der Waals surface area contributed by atoms with Crippen LogP contribution in [0, 0.1) is 0 Å². The largest absolute Gasteiger partial charge is 0.504 e. The van der Waals surface area contributed by atoms with Crippen LogP contribution in [0.1, 0.15) is 37.8 Å². The lowest BCUT2D eigenvalue weighted by Gasteiger charge is -2.33. The van der Waals surface area contributed by atoms with E-state index < -0.39 is 0 Å². The van der Waals surface area contributed by atoms with E-state index in [1.54, 1.807) is 13.2 Å². The van der Waals surface area contributed by atoms with Crippen molar-refractivity contribution in [2.24, 2.45) is 0 Å². The van der Waals surface area contributed by atoms with Crippen LogP contribution in [0.15, 0.2) is 18.2 Å². The molecule has 1 heterocycles. The summed E-state index contributed by atoms with van der Waals surface area (Å²) in [5, 5.41) is 13.2. The van der Waals surface area contributed by atoms with Crippen LogP contribution in [-0.4, -0.2) is 43.3 Å². The normalized spacial score (nSPS) is 21.5. The van der Waals surface area contributed by atoms with E-state index in [9.17, 15) is 5.11 Å². The molecule has 1 aliphatic heterocycles. The molecule has 0 bridgehead atoms. The number of phenolic OH excluding ortho intramolecular Hbond substituents is 1. The van der Waals surface area contributed by atoms with Crippen molar-refractivity contribution in [3.63, 3.8) is 0 Å². The maximum absolute atomic E-state index is 9.69. The van der Waals surface area contributed by atoms with Gasteiger partial charge in [-0.25, -0.2) is 0 Å². The van der Waals surface area contributed by atoms with E-state index in [0.29, 0.717) is 17.8 Å². The fourth-order valence-electron chi connectivity index (χ4n) is 2.91. The Bertz CT molecular complexity index is 428. The molecule has 2 unspecified atom stereocenters. The zero-order valence-corrected chi connectivity index (χ0v) is 12.7. The highest BCUT2D eigenvalue weighted by molar-refractivity contribution is 5.42. The average Bonchev–Trinajstić information content (AvgIpc) is 2.75. The molecule has 1 saturated heterocycles. The topological polar surface area (TPSA) is 44.7 Å². The van der Waals surface area contributed by atoms with Crippen molar-refractivity contribution in [1.82, 2.24) is 10.2 Å². The minimum absolute atomic E-state index is 0.199. The molecular formula is C16H26N2O2. The van der Waals surface area contributed by atoms with Gasteiger partial charge in [0.1, 0.15) is 0 Å². The number of hydrogen-bond acceptors (Lipinski definition) is 4. The zero-order valence-electron chi connectivity index (χ0n) is 12.7. The van der Waals surface area contributed by atoms with Crippen LogP contribution in [0.5, 0.6) is 11.5 Å². The molecule has 2 N–H and O–H groups in total. The Labute approximate surface area is 121 Å². The molecule has 4 nitrogen and oxygen atoms in total. The minimum atomic E-state index is 0.199. The lowest BCUT2D eigenvalue weighted by atomic mass is 10.0. The van der Waals surface area contributed by atoms with Crippen molar-refractivity contribution in [3.8, 4) is 11.5 Å². The number of rotatable bonds is 4. The van der Waals surface area contributed by atoms with Gasteiger partial charge in [0, 0.05) is 12.1 Å². The van der Waals surface area contributed by atoms with Gasteiger partial charge in [-0.1, -0.05) is 6.07 Å². The van der Waals surface area contributed by atoms with Crippen LogP contribution >= 0.6 is 0 Å². The third kappa shape index (κ3) is 3.44. The molecule has 0 spiro atoms. The zero-order chi connectivity index (χ0) is 14.5. The summed E-state index contributed by atoms with van der Waals surface area (Å²) in [5.41, 5.74) is 1.18. The summed E-state index contributed by atoms with van der Waals surface area (Å²) in [7, 11) is 3.78. The Balaban J connectivity index is 2.10. The first-order chi connectivity index (χ1) is 9.63. The molecule has 0 aromatic heterocycles. The molecular weight excluding hydrogens is 252 g/mol. The first-order valence-electron chi connectivity index (χ1n) is 7.43. The molecule has 0 aliphatic carbocycles. The monoisotopic (exact) mass is 278 g/mol. The van der Waals surface area contributed by atoms with E-state index in [2.05, 4.69) is 24.2 Å². The number of ether oxygens (including phenoxy) is 1. The molecule has 0 radical (unpaired) electrons. The van der Waals surface area contributed by atoms with Crippen molar-refractivity contribution in [2.75, 3.05) is 27.2 Å². The van der Waals surface area contributed by atoms with Gasteiger partial charge >= 0.3 is 0 Å². The Morgan fingerprint density at radius 1 is 1.35 bits per heavy atom. The van der Waals surface area contributed by atoms with Crippen LogP contribution in [0.2, 0.25) is 0 Å². The maximum Gasteiger partial charge on any atom is 0.160 e. The number of nitrogens with one attached hydrogen (secondary N) is 1. The van der Waals surface area contributed by atoms with Gasteiger partial charge in [0.05, 0.1) is 7.11 Å². The van der Waals surface area contributed by atoms with Crippen molar-refractivity contribution in [1.29, 1.82) is 0 Å². The molecule has 20 heavy (non-hydrogen) atoms. The van der Waals surface area contributed by atoms with Crippen LogP contribution in [0.3, 0.4) is 0 Å². The lowest BCUT2D eigenvalue weighted by molar-refractivity contribution is 0.171. The van der Waals surface area contributed by atoms with Crippen molar-refractivity contribution in [3.05, 3.63) is 23.8 Å². The summed E-state index contributed by atoms with van der Waals surface area (Å²) >= 11 is 0. The highest BCUT2D eigenvalue weighted by atomic mass is 16.5. The predicted molar refractivity (Wildman–Crippen MR) is 81.3 cm³/mol. The van der Waals surface area contributed by atoms with E-state index in [1.807, 2.05) is 12.1 Å². The molecule has 1 aliphatic rings.